The molecule has 2 N–H and O–H groups in total. The van der Waals surface area contributed by atoms with Crippen LogP contribution >= 0.6 is 0 Å². The molecule has 9 nitrogen and oxygen atoms in total. The number of nitro groups is 1. The van der Waals surface area contributed by atoms with Crippen molar-refractivity contribution in [1.82, 2.24) is 19.9 Å². The quantitative estimate of drug-likeness (QED) is 0.381. The largest absolute Gasteiger partial charge is 0.353 e. The molecule has 0 aliphatic heterocycles. The average molecular weight is 387 g/mol. The van der Waals surface area contributed by atoms with Crippen LogP contribution in [0.3, 0.4) is 0 Å². The summed E-state index contributed by atoms with van der Waals surface area (Å²) < 4.78 is 0. The van der Waals surface area contributed by atoms with Gasteiger partial charge in [-0.3, -0.25) is 15.1 Å². The van der Waals surface area contributed by atoms with E-state index in [4.69, 9.17) is 0 Å². The number of fused-ring (bicyclic) bond motifs is 1. The molecule has 0 aliphatic rings. The maximum atomic E-state index is 11.8. The van der Waals surface area contributed by atoms with E-state index in [-0.39, 0.29) is 17.3 Å². The van der Waals surface area contributed by atoms with Crippen molar-refractivity contribution in [1.29, 1.82) is 0 Å². The van der Waals surface area contributed by atoms with Crippen molar-refractivity contribution in [2.45, 2.75) is 13.8 Å². The monoisotopic (exact) mass is 387 g/mol. The Balaban J connectivity index is 1.77. The fourth-order valence-electron chi connectivity index (χ4n) is 2.96. The minimum absolute atomic E-state index is 0.0588. The number of benzene rings is 1. The van der Waals surface area contributed by atoms with Crippen molar-refractivity contribution in [3.63, 3.8) is 0 Å². The van der Waals surface area contributed by atoms with Crippen LogP contribution in [0.4, 0.5) is 28.8 Å². The minimum Gasteiger partial charge on any atom is -0.334 e. The van der Waals surface area contributed by atoms with E-state index in [9.17, 15) is 10.1 Å². The van der Waals surface area contributed by atoms with Gasteiger partial charge in [0.05, 0.1) is 10.4 Å². The zero-order chi connectivity index (χ0) is 20.4. The van der Waals surface area contributed by atoms with Gasteiger partial charge in [0.1, 0.15) is 12.1 Å². The number of rotatable bonds is 5. The van der Waals surface area contributed by atoms with Crippen LogP contribution in [-0.4, -0.2) is 24.9 Å². The molecule has 0 spiro atoms. The summed E-state index contributed by atoms with van der Waals surface area (Å²) in [6, 6.07) is 13.0. The molecule has 0 amide bonds. The van der Waals surface area contributed by atoms with Crippen molar-refractivity contribution in [2.75, 3.05) is 10.6 Å². The molecule has 0 unspecified atom stereocenters. The first-order valence-electron chi connectivity index (χ1n) is 8.84. The van der Waals surface area contributed by atoms with E-state index in [1.54, 1.807) is 12.3 Å². The molecule has 0 saturated heterocycles. The van der Waals surface area contributed by atoms with Crippen molar-refractivity contribution in [3.05, 3.63) is 76.4 Å². The Labute approximate surface area is 166 Å². The lowest BCUT2D eigenvalue weighted by Crippen LogP contribution is -2.07. The molecule has 1 aromatic carbocycles. The highest BCUT2D eigenvalue weighted by Gasteiger charge is 2.24. The molecule has 0 radical (unpaired) electrons. The summed E-state index contributed by atoms with van der Waals surface area (Å²) in [7, 11) is 0. The third-order valence-corrected chi connectivity index (χ3v) is 4.38. The molecule has 0 atom stereocenters. The van der Waals surface area contributed by atoms with Crippen LogP contribution in [-0.2, 0) is 0 Å². The molecule has 29 heavy (non-hydrogen) atoms. The third kappa shape index (κ3) is 3.65. The fourth-order valence-corrected chi connectivity index (χ4v) is 2.96. The van der Waals surface area contributed by atoms with Gasteiger partial charge in [0.25, 0.3) is 0 Å². The van der Waals surface area contributed by atoms with Crippen LogP contribution in [0.1, 0.15) is 11.3 Å². The smallest absolute Gasteiger partial charge is 0.334 e. The number of nitrogens with zero attached hydrogens (tertiary/aromatic N) is 5. The molecule has 144 valence electrons. The molecular formula is C20H17N7O2. The Morgan fingerprint density at radius 1 is 0.897 bits per heavy atom. The summed E-state index contributed by atoms with van der Waals surface area (Å²) >= 11 is 0. The van der Waals surface area contributed by atoms with E-state index >= 15 is 0 Å². The first-order valence-corrected chi connectivity index (χ1v) is 8.84. The number of anilines is 4. The van der Waals surface area contributed by atoms with E-state index in [0.717, 1.165) is 22.2 Å². The van der Waals surface area contributed by atoms with Gasteiger partial charge in [0.2, 0.25) is 11.6 Å². The normalized spacial score (nSPS) is 10.7. The van der Waals surface area contributed by atoms with Crippen LogP contribution < -0.4 is 10.6 Å². The molecule has 4 rings (SSSR count). The van der Waals surface area contributed by atoms with Crippen LogP contribution in [0.25, 0.3) is 10.9 Å². The number of hydrogen-bond acceptors (Lipinski definition) is 8. The second-order valence-electron chi connectivity index (χ2n) is 6.42. The Morgan fingerprint density at radius 2 is 1.69 bits per heavy atom. The van der Waals surface area contributed by atoms with Crippen LogP contribution in [0.5, 0.6) is 0 Å². The van der Waals surface area contributed by atoms with Crippen molar-refractivity contribution in [2.24, 2.45) is 0 Å². The molecule has 3 aromatic heterocycles. The molecule has 3 heterocycles. The molecule has 4 aromatic rings. The second kappa shape index (κ2) is 7.47. The highest BCUT2D eigenvalue weighted by molar-refractivity contribution is 5.94. The first kappa shape index (κ1) is 18.2. The van der Waals surface area contributed by atoms with Crippen molar-refractivity contribution >= 4 is 39.7 Å². The Kier molecular flexibility index (Phi) is 4.70. The van der Waals surface area contributed by atoms with E-state index in [1.807, 2.05) is 50.2 Å². The van der Waals surface area contributed by atoms with Gasteiger partial charge in [-0.05, 0) is 49.7 Å². The maximum Gasteiger partial charge on any atom is 0.353 e. The lowest BCUT2D eigenvalue weighted by molar-refractivity contribution is -0.383. The lowest BCUT2D eigenvalue weighted by Gasteiger charge is -2.12. The minimum atomic E-state index is -0.517. The molecule has 9 heteroatoms. The van der Waals surface area contributed by atoms with Crippen molar-refractivity contribution in [3.8, 4) is 0 Å². The number of pyridine rings is 2. The van der Waals surface area contributed by atoms with Gasteiger partial charge >= 0.3 is 5.69 Å². The van der Waals surface area contributed by atoms with Crippen LogP contribution in [0.2, 0.25) is 0 Å². The average Bonchev–Trinajstić information content (AvgIpc) is 2.69. The summed E-state index contributed by atoms with van der Waals surface area (Å²) in [6.07, 6.45) is 2.87. The van der Waals surface area contributed by atoms with E-state index in [1.165, 1.54) is 6.33 Å². The van der Waals surface area contributed by atoms with Crippen LogP contribution in [0.15, 0.2) is 55.0 Å². The van der Waals surface area contributed by atoms with Crippen molar-refractivity contribution < 1.29 is 4.92 Å². The van der Waals surface area contributed by atoms with E-state index in [0.29, 0.717) is 11.5 Å². The standard InChI is InChI=1S/C20H17N7O2/c1-12-5-4-10-21-18(12)26-20-17(27(28)29)19(22-11-23-20)25-16-7-3-6-15-14(16)9-8-13(2)24-15/h3-11H,1-2H3,(H2,21,22,23,25,26). The van der Waals surface area contributed by atoms with E-state index < -0.39 is 4.92 Å². The lowest BCUT2D eigenvalue weighted by atomic mass is 10.1. The fraction of sp³-hybridized carbons (Fsp3) is 0.100. The molecule has 0 fully saturated rings. The predicted octanol–water partition coefficient (Wildman–Crippen LogP) is 4.43. The number of aromatic nitrogens is 4. The first-order chi connectivity index (χ1) is 14.0. The molecule has 0 saturated carbocycles. The zero-order valence-corrected chi connectivity index (χ0v) is 15.7. The number of aryl methyl sites for hydroxylation is 2. The summed E-state index contributed by atoms with van der Waals surface area (Å²) in [5.41, 5.74) is 2.91. The van der Waals surface area contributed by atoms with Gasteiger partial charge < -0.3 is 10.6 Å². The molecular weight excluding hydrogens is 370 g/mol. The highest BCUT2D eigenvalue weighted by Crippen LogP contribution is 2.34. The Bertz CT molecular complexity index is 1230. The summed E-state index contributed by atoms with van der Waals surface area (Å²) in [6.45, 7) is 3.76. The molecule has 0 bridgehead atoms. The van der Waals surface area contributed by atoms with Gasteiger partial charge in [-0.25, -0.2) is 15.0 Å². The summed E-state index contributed by atoms with van der Waals surface area (Å²) in [5.74, 6) is 0.628. The van der Waals surface area contributed by atoms with E-state index in [2.05, 4.69) is 30.6 Å². The Morgan fingerprint density at radius 3 is 2.45 bits per heavy atom. The summed E-state index contributed by atoms with van der Waals surface area (Å²) in [4.78, 5) is 28.2. The molecule has 0 aliphatic carbocycles. The Hall–Kier alpha value is -4.14. The van der Waals surface area contributed by atoms with Crippen LogP contribution in [0, 0.1) is 24.0 Å². The van der Waals surface area contributed by atoms with Gasteiger partial charge in [0, 0.05) is 23.0 Å². The maximum absolute atomic E-state index is 11.8. The van der Waals surface area contributed by atoms with Gasteiger partial charge in [-0.2, -0.15) is 0 Å². The third-order valence-electron chi connectivity index (χ3n) is 4.38. The van der Waals surface area contributed by atoms with Gasteiger partial charge in [-0.1, -0.05) is 12.1 Å². The second-order valence-corrected chi connectivity index (χ2v) is 6.42. The van der Waals surface area contributed by atoms with Gasteiger partial charge in [-0.15, -0.1) is 0 Å². The number of hydrogen-bond donors (Lipinski definition) is 2. The summed E-state index contributed by atoms with van der Waals surface area (Å²) in [5, 5.41) is 18.7. The topological polar surface area (TPSA) is 119 Å². The number of nitrogens with one attached hydrogen (secondary N) is 2. The zero-order valence-electron chi connectivity index (χ0n) is 15.7. The SMILES string of the molecule is Cc1ccc2c(Nc3ncnc(Nc4ncccc4C)c3[N+](=O)[O-])cccc2n1. The predicted molar refractivity (Wildman–Crippen MR) is 111 cm³/mol. The highest BCUT2D eigenvalue weighted by atomic mass is 16.6. The van der Waals surface area contributed by atoms with Gasteiger partial charge in [0.15, 0.2) is 0 Å².